The summed E-state index contributed by atoms with van der Waals surface area (Å²) < 4.78 is 0. The fourth-order valence-electron chi connectivity index (χ4n) is 1.95. The van der Waals surface area contributed by atoms with Crippen molar-refractivity contribution in [2.24, 2.45) is 0 Å². The summed E-state index contributed by atoms with van der Waals surface area (Å²) in [5.41, 5.74) is 2.60. The van der Waals surface area contributed by atoms with Crippen molar-refractivity contribution in [1.82, 2.24) is 0 Å². The third-order valence-corrected chi connectivity index (χ3v) is 2.91. The Morgan fingerprint density at radius 3 is 2.50 bits per heavy atom. The Morgan fingerprint density at radius 2 is 1.75 bits per heavy atom. The molecule has 2 aromatic rings. The van der Waals surface area contributed by atoms with Gasteiger partial charge in [0.2, 0.25) is 0 Å². The summed E-state index contributed by atoms with van der Waals surface area (Å²) in [4.78, 5) is 0. The molecule has 0 aliphatic rings. The van der Waals surface area contributed by atoms with E-state index >= 15 is 0 Å². The molecule has 0 aromatic heterocycles. The highest BCUT2D eigenvalue weighted by Crippen LogP contribution is 2.18. The molecule has 1 atom stereocenters. The van der Waals surface area contributed by atoms with Crippen molar-refractivity contribution in [1.29, 1.82) is 0 Å². The summed E-state index contributed by atoms with van der Waals surface area (Å²) in [5, 5.41) is 11.8. The summed E-state index contributed by atoms with van der Waals surface area (Å²) in [7, 11) is 0. The van der Waals surface area contributed by atoms with Crippen LogP contribution in [0.4, 0.5) is 0 Å². The van der Waals surface area contributed by atoms with E-state index in [1.807, 2.05) is 6.92 Å². The minimum Gasteiger partial charge on any atom is -0.393 e. The largest absolute Gasteiger partial charge is 0.393 e. The van der Waals surface area contributed by atoms with Crippen LogP contribution in [0, 0.1) is 6.92 Å². The van der Waals surface area contributed by atoms with Crippen molar-refractivity contribution < 1.29 is 5.11 Å². The summed E-state index contributed by atoms with van der Waals surface area (Å²) in [6.45, 7) is 3.95. The Bertz CT molecular complexity index is 486. The maximum absolute atomic E-state index is 9.26. The molecule has 16 heavy (non-hydrogen) atoms. The van der Waals surface area contributed by atoms with Gasteiger partial charge in [0.15, 0.2) is 0 Å². The number of aliphatic hydroxyl groups excluding tert-OH is 1. The second kappa shape index (κ2) is 4.67. The quantitative estimate of drug-likeness (QED) is 0.829. The van der Waals surface area contributed by atoms with Gasteiger partial charge >= 0.3 is 0 Å². The second-order valence-electron chi connectivity index (χ2n) is 4.57. The highest BCUT2D eigenvalue weighted by molar-refractivity contribution is 5.83. The maximum atomic E-state index is 9.26. The molecule has 0 unspecified atom stereocenters. The third kappa shape index (κ3) is 2.61. The van der Waals surface area contributed by atoms with Gasteiger partial charge in [0.1, 0.15) is 0 Å². The second-order valence-corrected chi connectivity index (χ2v) is 4.57. The van der Waals surface area contributed by atoms with Crippen LogP contribution in [-0.2, 0) is 6.42 Å². The Morgan fingerprint density at radius 1 is 1.06 bits per heavy atom. The summed E-state index contributed by atoms with van der Waals surface area (Å²) in [6.07, 6.45) is 1.56. The lowest BCUT2D eigenvalue weighted by molar-refractivity contribution is 0.185. The van der Waals surface area contributed by atoms with Crippen LogP contribution in [0.2, 0.25) is 0 Å². The lowest BCUT2D eigenvalue weighted by Crippen LogP contribution is -2.01. The molecule has 0 heterocycles. The number of benzene rings is 2. The average Bonchev–Trinajstić information content (AvgIpc) is 2.26. The van der Waals surface area contributed by atoms with Crippen molar-refractivity contribution in [2.45, 2.75) is 32.8 Å². The van der Waals surface area contributed by atoms with Gasteiger partial charge in [0, 0.05) is 0 Å². The van der Waals surface area contributed by atoms with E-state index in [0.717, 1.165) is 12.8 Å². The number of aryl methyl sites for hydroxylation is 2. The van der Waals surface area contributed by atoms with Crippen molar-refractivity contribution in [3.8, 4) is 0 Å². The molecule has 0 amide bonds. The monoisotopic (exact) mass is 214 g/mol. The van der Waals surface area contributed by atoms with Crippen LogP contribution >= 0.6 is 0 Å². The Balaban J connectivity index is 2.26. The molecular formula is C15H18O. The van der Waals surface area contributed by atoms with Crippen LogP contribution in [-0.4, -0.2) is 11.2 Å². The lowest BCUT2D eigenvalue weighted by Gasteiger charge is -2.06. The minimum atomic E-state index is -0.214. The molecule has 0 aliphatic heterocycles. The van der Waals surface area contributed by atoms with Crippen LogP contribution < -0.4 is 0 Å². The molecule has 0 bridgehead atoms. The van der Waals surface area contributed by atoms with Gasteiger partial charge in [0.25, 0.3) is 0 Å². The van der Waals surface area contributed by atoms with Gasteiger partial charge in [-0.2, -0.15) is 0 Å². The number of hydrogen-bond acceptors (Lipinski definition) is 1. The van der Waals surface area contributed by atoms with Crippen LogP contribution in [0.3, 0.4) is 0 Å². The van der Waals surface area contributed by atoms with E-state index < -0.39 is 0 Å². The van der Waals surface area contributed by atoms with Gasteiger partial charge < -0.3 is 5.11 Å². The first-order valence-electron chi connectivity index (χ1n) is 5.82. The smallest absolute Gasteiger partial charge is 0.0515 e. The number of fused-ring (bicyclic) bond motifs is 1. The normalized spacial score (nSPS) is 12.9. The fraction of sp³-hybridized carbons (Fsp3) is 0.333. The summed E-state index contributed by atoms with van der Waals surface area (Å²) >= 11 is 0. The Labute approximate surface area is 96.7 Å². The summed E-state index contributed by atoms with van der Waals surface area (Å²) in [6, 6.07) is 13.0. The number of aliphatic hydroxyl groups is 1. The predicted octanol–water partition coefficient (Wildman–Crippen LogP) is 3.46. The van der Waals surface area contributed by atoms with Crippen molar-refractivity contribution in [3.05, 3.63) is 47.5 Å². The Kier molecular flexibility index (Phi) is 3.25. The molecule has 0 saturated heterocycles. The number of hydrogen-bond donors (Lipinski definition) is 1. The molecule has 0 fully saturated rings. The molecule has 1 N–H and O–H groups in total. The maximum Gasteiger partial charge on any atom is 0.0515 e. The van der Waals surface area contributed by atoms with E-state index in [4.69, 9.17) is 0 Å². The molecule has 0 radical (unpaired) electrons. The highest BCUT2D eigenvalue weighted by atomic mass is 16.3. The predicted molar refractivity (Wildman–Crippen MR) is 68.7 cm³/mol. The van der Waals surface area contributed by atoms with Gasteiger partial charge in [-0.3, -0.25) is 0 Å². The molecule has 1 heteroatoms. The van der Waals surface area contributed by atoms with Gasteiger partial charge in [0.05, 0.1) is 6.10 Å². The molecule has 2 aromatic carbocycles. The zero-order valence-electron chi connectivity index (χ0n) is 9.90. The Hall–Kier alpha value is -1.34. The van der Waals surface area contributed by atoms with Gasteiger partial charge in [-0.25, -0.2) is 0 Å². The molecule has 84 valence electrons. The van der Waals surface area contributed by atoms with E-state index in [-0.39, 0.29) is 6.10 Å². The first-order chi connectivity index (χ1) is 7.65. The van der Waals surface area contributed by atoms with E-state index in [2.05, 4.69) is 43.3 Å². The van der Waals surface area contributed by atoms with Gasteiger partial charge in [-0.15, -0.1) is 0 Å². The highest BCUT2D eigenvalue weighted by Gasteiger charge is 2.00. The molecule has 0 aliphatic carbocycles. The summed E-state index contributed by atoms with van der Waals surface area (Å²) in [5.74, 6) is 0. The van der Waals surface area contributed by atoms with Crippen LogP contribution in [0.15, 0.2) is 36.4 Å². The van der Waals surface area contributed by atoms with Crippen molar-refractivity contribution in [2.75, 3.05) is 0 Å². The first kappa shape index (κ1) is 11.2. The SMILES string of the molecule is Cc1ccc2cc(CC[C@H](C)O)ccc2c1. The van der Waals surface area contributed by atoms with Gasteiger partial charge in [-0.05, 0) is 43.0 Å². The van der Waals surface area contributed by atoms with E-state index in [1.165, 1.54) is 21.9 Å². The number of rotatable bonds is 3. The van der Waals surface area contributed by atoms with Crippen LogP contribution in [0.25, 0.3) is 10.8 Å². The lowest BCUT2D eigenvalue weighted by atomic mass is 10.0. The fourth-order valence-corrected chi connectivity index (χ4v) is 1.95. The average molecular weight is 214 g/mol. The van der Waals surface area contributed by atoms with E-state index in [9.17, 15) is 5.11 Å². The molecule has 0 spiro atoms. The van der Waals surface area contributed by atoms with Crippen molar-refractivity contribution >= 4 is 10.8 Å². The molecule has 1 nitrogen and oxygen atoms in total. The molecular weight excluding hydrogens is 196 g/mol. The van der Waals surface area contributed by atoms with Crippen LogP contribution in [0.5, 0.6) is 0 Å². The standard InChI is InChI=1S/C15H18O/c1-11-3-7-15-10-13(5-4-12(2)16)6-8-14(15)9-11/h3,6-10,12,16H,4-5H2,1-2H3/t12-/m0/s1. The first-order valence-corrected chi connectivity index (χ1v) is 5.82. The minimum absolute atomic E-state index is 0.214. The topological polar surface area (TPSA) is 20.2 Å². The zero-order chi connectivity index (χ0) is 11.5. The van der Waals surface area contributed by atoms with Gasteiger partial charge in [-0.1, -0.05) is 42.0 Å². The molecule has 0 saturated carbocycles. The van der Waals surface area contributed by atoms with E-state index in [0.29, 0.717) is 0 Å². The zero-order valence-corrected chi connectivity index (χ0v) is 9.90. The molecule has 2 rings (SSSR count). The third-order valence-electron chi connectivity index (χ3n) is 2.91. The van der Waals surface area contributed by atoms with Crippen molar-refractivity contribution in [3.63, 3.8) is 0 Å². The van der Waals surface area contributed by atoms with Crippen LogP contribution in [0.1, 0.15) is 24.5 Å². The van der Waals surface area contributed by atoms with E-state index in [1.54, 1.807) is 0 Å².